The third-order valence-corrected chi connectivity index (χ3v) is 4.59. The van der Waals surface area contributed by atoms with Crippen LogP contribution < -0.4 is 9.47 Å². The highest BCUT2D eigenvalue weighted by molar-refractivity contribution is 5.99. The van der Waals surface area contributed by atoms with Crippen LogP contribution in [-0.2, 0) is 11.2 Å². The summed E-state index contributed by atoms with van der Waals surface area (Å²) in [5.74, 6) is 1.18. The molecular formula is C25H27NO3. The summed E-state index contributed by atoms with van der Waals surface area (Å²) in [6, 6.07) is 17.9. The second-order valence-electron chi connectivity index (χ2n) is 6.64. The number of carbonyl (C=O) groups excluding carboxylic acids is 1. The van der Waals surface area contributed by atoms with Crippen molar-refractivity contribution < 1.29 is 14.3 Å². The first-order valence-electron chi connectivity index (χ1n) is 9.75. The Balaban J connectivity index is 1.83. The molecule has 0 saturated heterocycles. The average molecular weight is 389 g/mol. The standard InChI is InChI=1S/C25H27NO3/c1-28-24-17-16-21(18-25(24)29-2)13-9-14-22(19-26)23(27)15-8-4-7-12-20-10-5-3-6-11-20/h3,5-6,9-11,13-14,16-18H,4,7-8,12,15H2,1-2H3/b13-9+,22-14+. The number of unbranched alkanes of at least 4 members (excludes halogenated alkanes) is 2. The van der Waals surface area contributed by atoms with E-state index in [0.717, 1.165) is 31.2 Å². The lowest BCUT2D eigenvalue weighted by Gasteiger charge is -2.07. The van der Waals surface area contributed by atoms with Crippen molar-refractivity contribution in [1.29, 1.82) is 5.26 Å². The van der Waals surface area contributed by atoms with Gasteiger partial charge in [0.25, 0.3) is 0 Å². The van der Waals surface area contributed by atoms with Crippen LogP contribution >= 0.6 is 0 Å². The fourth-order valence-corrected chi connectivity index (χ4v) is 2.98. The van der Waals surface area contributed by atoms with Crippen LogP contribution in [-0.4, -0.2) is 20.0 Å². The van der Waals surface area contributed by atoms with Crippen molar-refractivity contribution in [3.63, 3.8) is 0 Å². The van der Waals surface area contributed by atoms with E-state index in [2.05, 4.69) is 12.1 Å². The number of benzene rings is 2. The van der Waals surface area contributed by atoms with Gasteiger partial charge in [0.15, 0.2) is 17.3 Å². The van der Waals surface area contributed by atoms with Gasteiger partial charge in [0.2, 0.25) is 0 Å². The van der Waals surface area contributed by atoms with Crippen LogP contribution in [0.25, 0.3) is 6.08 Å². The van der Waals surface area contributed by atoms with Crippen molar-refractivity contribution in [2.75, 3.05) is 14.2 Å². The van der Waals surface area contributed by atoms with Gasteiger partial charge in [-0.1, -0.05) is 55.0 Å². The van der Waals surface area contributed by atoms with Gasteiger partial charge in [-0.25, -0.2) is 0 Å². The van der Waals surface area contributed by atoms with Crippen LogP contribution in [0.2, 0.25) is 0 Å². The molecule has 0 fully saturated rings. The Morgan fingerprint density at radius 3 is 2.45 bits per heavy atom. The topological polar surface area (TPSA) is 59.3 Å². The molecule has 2 aromatic rings. The third kappa shape index (κ3) is 7.31. The molecule has 150 valence electrons. The van der Waals surface area contributed by atoms with Gasteiger partial charge in [-0.15, -0.1) is 0 Å². The number of ketones is 1. The van der Waals surface area contributed by atoms with Gasteiger partial charge in [-0.2, -0.15) is 5.26 Å². The first-order chi connectivity index (χ1) is 14.2. The number of aryl methyl sites for hydroxylation is 1. The number of hydrogen-bond acceptors (Lipinski definition) is 4. The zero-order valence-electron chi connectivity index (χ0n) is 17.1. The Hall–Kier alpha value is -3.32. The number of allylic oxidation sites excluding steroid dienone is 3. The highest BCUT2D eigenvalue weighted by Crippen LogP contribution is 2.28. The van der Waals surface area contributed by atoms with E-state index in [0.29, 0.717) is 17.9 Å². The Labute approximate surface area is 173 Å². The lowest BCUT2D eigenvalue weighted by Crippen LogP contribution is -2.00. The first-order valence-corrected chi connectivity index (χ1v) is 9.75. The second kappa shape index (κ2) is 12.2. The van der Waals surface area contributed by atoms with Crippen LogP contribution in [0.5, 0.6) is 11.5 Å². The molecule has 0 bridgehead atoms. The summed E-state index contributed by atoms with van der Waals surface area (Å²) in [4.78, 5) is 12.3. The van der Waals surface area contributed by atoms with Gasteiger partial charge < -0.3 is 9.47 Å². The molecule has 4 nitrogen and oxygen atoms in total. The van der Waals surface area contributed by atoms with Crippen molar-refractivity contribution in [2.45, 2.75) is 32.1 Å². The highest BCUT2D eigenvalue weighted by Gasteiger charge is 2.08. The number of ether oxygens (including phenoxy) is 2. The highest BCUT2D eigenvalue weighted by atomic mass is 16.5. The Morgan fingerprint density at radius 1 is 1.00 bits per heavy atom. The molecule has 4 heteroatoms. The Kier molecular flexibility index (Phi) is 9.24. The normalized spacial score (nSPS) is 11.3. The second-order valence-corrected chi connectivity index (χ2v) is 6.64. The van der Waals surface area contributed by atoms with E-state index < -0.39 is 0 Å². The minimum atomic E-state index is -0.107. The average Bonchev–Trinajstić information content (AvgIpc) is 2.76. The van der Waals surface area contributed by atoms with Crippen LogP contribution in [0.1, 0.15) is 36.8 Å². The van der Waals surface area contributed by atoms with E-state index >= 15 is 0 Å². The SMILES string of the molecule is COc1ccc(/C=C/C=C(\C#N)C(=O)CCCCCc2ccccc2)cc1OC. The van der Waals surface area contributed by atoms with Crippen molar-refractivity contribution >= 4 is 11.9 Å². The van der Waals surface area contributed by atoms with Crippen LogP contribution in [0, 0.1) is 11.3 Å². The van der Waals surface area contributed by atoms with Crippen LogP contribution in [0.4, 0.5) is 0 Å². The third-order valence-electron chi connectivity index (χ3n) is 4.59. The van der Waals surface area contributed by atoms with Gasteiger partial charge in [-0.3, -0.25) is 4.79 Å². The Morgan fingerprint density at radius 2 is 1.76 bits per heavy atom. The van der Waals surface area contributed by atoms with E-state index in [-0.39, 0.29) is 11.4 Å². The molecule has 0 aromatic heterocycles. The number of rotatable bonds is 11. The summed E-state index contributed by atoms with van der Waals surface area (Å²) in [6.45, 7) is 0. The summed E-state index contributed by atoms with van der Waals surface area (Å²) in [7, 11) is 3.17. The molecule has 2 aromatic carbocycles. The molecular weight excluding hydrogens is 362 g/mol. The van der Waals surface area contributed by atoms with Crippen molar-refractivity contribution in [2.24, 2.45) is 0 Å². The predicted molar refractivity (Wildman–Crippen MR) is 116 cm³/mol. The zero-order valence-corrected chi connectivity index (χ0v) is 17.1. The maximum Gasteiger partial charge on any atom is 0.173 e. The molecule has 0 amide bonds. The first kappa shape index (κ1) is 22.0. The summed E-state index contributed by atoms with van der Waals surface area (Å²) < 4.78 is 10.5. The minimum absolute atomic E-state index is 0.107. The molecule has 0 heterocycles. The molecule has 0 radical (unpaired) electrons. The molecule has 0 aliphatic heterocycles. The fraction of sp³-hybridized carbons (Fsp3) is 0.280. The lowest BCUT2D eigenvalue weighted by molar-refractivity contribution is -0.115. The number of Topliss-reactive ketones (excluding diaryl/α,β-unsaturated/α-hetero) is 1. The van der Waals surface area contributed by atoms with Gasteiger partial charge >= 0.3 is 0 Å². The number of hydrogen-bond donors (Lipinski definition) is 0. The summed E-state index contributed by atoms with van der Waals surface area (Å²) in [6.07, 6.45) is 9.35. The maximum atomic E-state index is 12.3. The molecule has 0 unspecified atom stereocenters. The molecule has 0 aliphatic carbocycles. The monoisotopic (exact) mass is 389 g/mol. The number of nitrogens with zero attached hydrogens (tertiary/aromatic N) is 1. The van der Waals surface area contributed by atoms with Crippen LogP contribution in [0.3, 0.4) is 0 Å². The van der Waals surface area contributed by atoms with Crippen molar-refractivity contribution in [1.82, 2.24) is 0 Å². The molecule has 2 rings (SSSR count). The predicted octanol–water partition coefficient (Wildman–Crippen LogP) is 5.54. The maximum absolute atomic E-state index is 12.3. The van der Waals surface area contributed by atoms with Gasteiger partial charge in [0.1, 0.15) is 6.07 Å². The lowest BCUT2D eigenvalue weighted by atomic mass is 10.0. The van der Waals surface area contributed by atoms with Gasteiger partial charge in [0, 0.05) is 6.42 Å². The zero-order chi connectivity index (χ0) is 20.9. The summed E-state index contributed by atoms with van der Waals surface area (Å²) in [5.41, 5.74) is 2.39. The molecule has 29 heavy (non-hydrogen) atoms. The number of nitriles is 1. The molecule has 0 N–H and O–H groups in total. The number of carbonyl (C=O) groups is 1. The minimum Gasteiger partial charge on any atom is -0.493 e. The quantitative estimate of drug-likeness (QED) is 0.219. The van der Waals surface area contributed by atoms with Gasteiger partial charge in [0.05, 0.1) is 19.8 Å². The molecule has 0 aliphatic rings. The largest absolute Gasteiger partial charge is 0.493 e. The van der Waals surface area contributed by atoms with E-state index in [1.54, 1.807) is 26.4 Å². The fourth-order valence-electron chi connectivity index (χ4n) is 2.98. The Bertz CT molecular complexity index is 892. The van der Waals surface area contributed by atoms with Gasteiger partial charge in [-0.05, 0) is 48.6 Å². The smallest absolute Gasteiger partial charge is 0.173 e. The van der Waals surface area contributed by atoms with Crippen LogP contribution in [0.15, 0.2) is 66.3 Å². The van der Waals surface area contributed by atoms with E-state index in [9.17, 15) is 10.1 Å². The molecule has 0 spiro atoms. The van der Waals surface area contributed by atoms with E-state index in [4.69, 9.17) is 9.47 Å². The summed E-state index contributed by atoms with van der Waals surface area (Å²) >= 11 is 0. The number of methoxy groups -OCH3 is 2. The van der Waals surface area contributed by atoms with E-state index in [1.807, 2.05) is 48.5 Å². The summed E-state index contributed by atoms with van der Waals surface area (Å²) in [5, 5.41) is 9.29. The molecule has 0 saturated carbocycles. The molecule has 0 atom stereocenters. The van der Waals surface area contributed by atoms with Crippen molar-refractivity contribution in [3.8, 4) is 17.6 Å². The van der Waals surface area contributed by atoms with E-state index in [1.165, 1.54) is 5.56 Å². The van der Waals surface area contributed by atoms with Crippen molar-refractivity contribution in [3.05, 3.63) is 77.4 Å².